The van der Waals surface area contributed by atoms with Crippen LogP contribution < -0.4 is 0 Å². The lowest BCUT2D eigenvalue weighted by Gasteiger charge is -2.24. The van der Waals surface area contributed by atoms with Crippen LogP contribution in [0.25, 0.3) is 11.0 Å². The van der Waals surface area contributed by atoms with Crippen molar-refractivity contribution in [3.63, 3.8) is 0 Å². The molecule has 2 heterocycles. The zero-order chi connectivity index (χ0) is 21.2. The first kappa shape index (κ1) is 22.2. The fraction of sp³-hybridized carbons (Fsp3) is 0.381. The zero-order valence-corrected chi connectivity index (χ0v) is 19.1. The fourth-order valence-corrected chi connectivity index (χ4v) is 4.18. The lowest BCUT2D eigenvalue weighted by atomic mass is 10.0. The van der Waals surface area contributed by atoms with Crippen LogP contribution in [-0.4, -0.2) is 45.8 Å². The minimum atomic E-state index is -1.01. The van der Waals surface area contributed by atoms with Crippen LogP contribution in [-0.2, 0) is 17.9 Å². The van der Waals surface area contributed by atoms with Gasteiger partial charge >= 0.3 is 0 Å². The first-order valence-electron chi connectivity index (χ1n) is 9.14. The number of nitrogens with zero attached hydrogens (tertiary/aromatic N) is 2. The van der Waals surface area contributed by atoms with Crippen molar-refractivity contribution in [2.75, 3.05) is 31.1 Å². The SMILES string of the molecule is CS(C)(C)CCOCn1ccc2cc(Br)c(C(O)Cc3cc(F)cc(F)c3)nc21. The fourth-order valence-electron chi connectivity index (χ4n) is 2.96. The largest absolute Gasteiger partial charge is 0.386 e. The highest BCUT2D eigenvalue weighted by molar-refractivity contribution is 9.10. The Bertz CT molecular complexity index is 984. The summed E-state index contributed by atoms with van der Waals surface area (Å²) in [5.41, 5.74) is 1.48. The van der Waals surface area contributed by atoms with Crippen molar-refractivity contribution >= 4 is 37.0 Å². The van der Waals surface area contributed by atoms with Crippen molar-refractivity contribution in [1.82, 2.24) is 9.55 Å². The van der Waals surface area contributed by atoms with Gasteiger partial charge in [-0.25, -0.2) is 23.8 Å². The molecule has 0 fully saturated rings. The molecule has 3 aromatic rings. The van der Waals surface area contributed by atoms with Gasteiger partial charge in [0.2, 0.25) is 0 Å². The number of pyridine rings is 1. The Hall–Kier alpha value is -1.48. The molecule has 0 spiro atoms. The summed E-state index contributed by atoms with van der Waals surface area (Å²) in [6.07, 6.45) is 7.68. The van der Waals surface area contributed by atoms with Crippen LogP contribution in [0.5, 0.6) is 0 Å². The van der Waals surface area contributed by atoms with E-state index in [2.05, 4.69) is 39.7 Å². The van der Waals surface area contributed by atoms with E-state index in [1.165, 1.54) is 12.1 Å². The molecule has 0 aliphatic rings. The van der Waals surface area contributed by atoms with E-state index in [1.807, 2.05) is 22.9 Å². The molecule has 4 nitrogen and oxygen atoms in total. The number of hydrogen-bond donors (Lipinski definition) is 1. The number of aliphatic hydroxyl groups excluding tert-OH is 1. The Kier molecular flexibility index (Phi) is 6.98. The monoisotopic (exact) mass is 486 g/mol. The molecule has 3 rings (SSSR count). The van der Waals surface area contributed by atoms with E-state index in [4.69, 9.17) is 4.74 Å². The highest BCUT2D eigenvalue weighted by atomic mass is 79.9. The summed E-state index contributed by atoms with van der Waals surface area (Å²) >= 11 is 3.45. The Labute approximate surface area is 179 Å². The van der Waals surface area contributed by atoms with Gasteiger partial charge < -0.3 is 14.4 Å². The predicted octanol–water partition coefficient (Wildman–Crippen LogP) is 5.02. The van der Waals surface area contributed by atoms with Gasteiger partial charge in [0.25, 0.3) is 0 Å². The van der Waals surface area contributed by atoms with Gasteiger partial charge in [-0.3, -0.25) is 0 Å². The highest BCUT2D eigenvalue weighted by Gasteiger charge is 2.17. The molecule has 8 heteroatoms. The van der Waals surface area contributed by atoms with Crippen molar-refractivity contribution in [2.45, 2.75) is 19.3 Å². The van der Waals surface area contributed by atoms with E-state index < -0.39 is 27.8 Å². The van der Waals surface area contributed by atoms with Crippen molar-refractivity contribution in [3.8, 4) is 0 Å². The molecule has 2 aromatic heterocycles. The minimum Gasteiger partial charge on any atom is -0.386 e. The van der Waals surface area contributed by atoms with Crippen molar-refractivity contribution in [1.29, 1.82) is 0 Å². The molecule has 1 N–H and O–H groups in total. The normalized spacial score (nSPS) is 13.8. The second kappa shape index (κ2) is 9.12. The number of halogens is 3. The van der Waals surface area contributed by atoms with Gasteiger partial charge in [0, 0.05) is 34.3 Å². The molecular weight excluding hydrogens is 462 g/mol. The molecule has 0 amide bonds. The zero-order valence-electron chi connectivity index (χ0n) is 16.7. The first-order chi connectivity index (χ1) is 13.6. The van der Waals surface area contributed by atoms with Crippen LogP contribution in [0, 0.1) is 11.6 Å². The van der Waals surface area contributed by atoms with E-state index in [0.29, 0.717) is 34.7 Å². The first-order valence-corrected chi connectivity index (χ1v) is 13.0. The van der Waals surface area contributed by atoms with Crippen LogP contribution in [0.3, 0.4) is 0 Å². The van der Waals surface area contributed by atoms with Crippen LogP contribution >= 0.6 is 26.0 Å². The van der Waals surface area contributed by atoms with Gasteiger partial charge in [-0.1, -0.05) is 0 Å². The van der Waals surface area contributed by atoms with Gasteiger partial charge in [-0.2, -0.15) is 0 Å². The molecule has 0 bridgehead atoms. The maximum Gasteiger partial charge on any atom is 0.142 e. The molecule has 0 aliphatic heterocycles. The van der Waals surface area contributed by atoms with Crippen LogP contribution in [0.15, 0.2) is 41.0 Å². The summed E-state index contributed by atoms with van der Waals surface area (Å²) < 4.78 is 35.2. The van der Waals surface area contributed by atoms with E-state index in [1.54, 1.807) is 0 Å². The number of aliphatic hydroxyl groups is 1. The van der Waals surface area contributed by atoms with Gasteiger partial charge in [0.15, 0.2) is 0 Å². The summed E-state index contributed by atoms with van der Waals surface area (Å²) in [5, 5.41) is 11.6. The molecule has 1 aromatic carbocycles. The molecule has 0 aliphatic carbocycles. The summed E-state index contributed by atoms with van der Waals surface area (Å²) in [6.45, 7) is 1.05. The third-order valence-corrected chi connectivity index (χ3v) is 6.48. The maximum absolute atomic E-state index is 13.4. The quantitative estimate of drug-likeness (QED) is 0.454. The summed E-state index contributed by atoms with van der Waals surface area (Å²) in [7, 11) is -0.610. The van der Waals surface area contributed by atoms with Crippen LogP contribution in [0.2, 0.25) is 0 Å². The summed E-state index contributed by atoms with van der Waals surface area (Å²) in [5.74, 6) is -0.310. The Balaban J connectivity index is 1.78. The van der Waals surface area contributed by atoms with Crippen molar-refractivity contribution < 1.29 is 18.6 Å². The molecule has 0 saturated carbocycles. The lowest BCUT2D eigenvalue weighted by molar-refractivity contribution is 0.0922. The average molecular weight is 487 g/mol. The molecule has 158 valence electrons. The third kappa shape index (κ3) is 6.01. The number of fused-ring (bicyclic) bond motifs is 1. The van der Waals surface area contributed by atoms with Gasteiger partial charge in [-0.05, 0) is 64.5 Å². The lowest BCUT2D eigenvalue weighted by Crippen LogP contribution is -2.11. The molecule has 1 unspecified atom stereocenters. The predicted molar refractivity (Wildman–Crippen MR) is 119 cm³/mol. The second-order valence-corrected chi connectivity index (χ2v) is 13.3. The summed E-state index contributed by atoms with van der Waals surface area (Å²) in [6, 6.07) is 7.05. The maximum atomic E-state index is 13.4. The number of rotatable bonds is 8. The van der Waals surface area contributed by atoms with Gasteiger partial charge in [0.05, 0.1) is 12.3 Å². The Morgan fingerprint density at radius 2 is 1.86 bits per heavy atom. The molecule has 1 atom stereocenters. The van der Waals surface area contributed by atoms with Gasteiger partial charge in [-0.15, -0.1) is 0 Å². The van der Waals surface area contributed by atoms with E-state index >= 15 is 0 Å². The number of ether oxygens (including phenoxy) is 1. The number of benzene rings is 1. The minimum absolute atomic E-state index is 0.0529. The molecule has 0 radical (unpaired) electrons. The van der Waals surface area contributed by atoms with Crippen molar-refractivity contribution in [2.24, 2.45) is 0 Å². The third-order valence-electron chi connectivity index (χ3n) is 4.46. The highest BCUT2D eigenvalue weighted by Crippen LogP contribution is 2.33. The average Bonchev–Trinajstić information content (AvgIpc) is 2.98. The van der Waals surface area contributed by atoms with Crippen LogP contribution in [0.1, 0.15) is 17.4 Å². The number of aromatic nitrogens is 2. The second-order valence-electron chi connectivity index (χ2n) is 7.88. The Morgan fingerprint density at radius 3 is 2.52 bits per heavy atom. The molecule has 0 saturated heterocycles. The van der Waals surface area contributed by atoms with E-state index in [0.717, 1.165) is 17.2 Å². The molecular formula is C21H25BrF2N2O2S. The van der Waals surface area contributed by atoms with E-state index in [-0.39, 0.29) is 6.42 Å². The van der Waals surface area contributed by atoms with E-state index in [9.17, 15) is 13.9 Å². The van der Waals surface area contributed by atoms with Crippen molar-refractivity contribution in [3.05, 3.63) is 63.9 Å². The Morgan fingerprint density at radius 1 is 1.17 bits per heavy atom. The smallest absolute Gasteiger partial charge is 0.142 e. The standard InChI is InChI=1S/C21H25BrF2N2O2S/c1-29(2,3)7-6-28-13-26-5-4-15-11-18(22)20(25-21(15)26)19(27)10-14-8-16(23)12-17(24)9-14/h4-5,8-9,11-12,19,27H,6-7,10,13H2,1-3H3. The topological polar surface area (TPSA) is 47.3 Å². The summed E-state index contributed by atoms with van der Waals surface area (Å²) in [4.78, 5) is 4.61. The van der Waals surface area contributed by atoms with Crippen LogP contribution in [0.4, 0.5) is 8.78 Å². The number of hydrogen-bond acceptors (Lipinski definition) is 3. The molecule has 29 heavy (non-hydrogen) atoms. The van der Waals surface area contributed by atoms with Gasteiger partial charge in [0.1, 0.15) is 30.1 Å².